The highest BCUT2D eigenvalue weighted by molar-refractivity contribution is 5.95. The van der Waals surface area contributed by atoms with Crippen LogP contribution in [-0.2, 0) is 25.5 Å². The predicted molar refractivity (Wildman–Crippen MR) is 190 cm³/mol. The number of alkyl halides is 1. The first-order valence-corrected chi connectivity index (χ1v) is 17.4. The number of amides is 3. The zero-order chi connectivity index (χ0) is 37.2. The molecule has 14 heteroatoms. The van der Waals surface area contributed by atoms with E-state index in [1.807, 2.05) is 30.3 Å². The smallest absolute Gasteiger partial charge is 0.412 e. The molecule has 4 heterocycles. The Labute approximate surface area is 301 Å². The molecule has 52 heavy (non-hydrogen) atoms. The van der Waals surface area contributed by atoms with Gasteiger partial charge in [-0.3, -0.25) is 14.9 Å². The lowest BCUT2D eigenvalue weighted by Gasteiger charge is -2.30. The van der Waals surface area contributed by atoms with E-state index in [2.05, 4.69) is 20.6 Å². The predicted octanol–water partition coefficient (Wildman–Crippen LogP) is 5.08. The number of hydrogen-bond acceptors (Lipinski definition) is 10. The number of anilines is 1. The maximum atomic E-state index is 14.8. The summed E-state index contributed by atoms with van der Waals surface area (Å²) in [6.45, 7) is 5.57. The monoisotopic (exact) mass is 717 g/mol. The van der Waals surface area contributed by atoms with Gasteiger partial charge in [0.15, 0.2) is 11.6 Å². The molecule has 1 aromatic carbocycles. The van der Waals surface area contributed by atoms with Gasteiger partial charge >= 0.3 is 12.1 Å². The number of nitrogens with zero attached hydrogens (tertiary/aromatic N) is 3. The molecular weight excluding hydrogens is 673 g/mol. The number of fused-ring (bicyclic) bond motifs is 4. The Morgan fingerprint density at radius 2 is 1.98 bits per heavy atom. The van der Waals surface area contributed by atoms with Gasteiger partial charge in [0, 0.05) is 36.7 Å². The van der Waals surface area contributed by atoms with E-state index in [9.17, 15) is 28.7 Å². The molecule has 5 rings (SSSR count). The summed E-state index contributed by atoms with van der Waals surface area (Å²) in [4.78, 5) is 62.6. The molecule has 3 aromatic rings. The fourth-order valence-corrected chi connectivity index (χ4v) is 6.21. The van der Waals surface area contributed by atoms with Crippen molar-refractivity contribution in [3.8, 4) is 0 Å². The Kier molecular flexibility index (Phi) is 12.9. The van der Waals surface area contributed by atoms with Crippen molar-refractivity contribution in [2.24, 2.45) is 11.8 Å². The molecule has 1 fully saturated rings. The third-order valence-corrected chi connectivity index (χ3v) is 8.87. The van der Waals surface area contributed by atoms with Crippen LogP contribution in [0.4, 0.5) is 15.0 Å². The SMILES string of the molecule is CC1=C\C(O)CC(F)Cc2nc(co2)C(=O)N2CCCC2C(=O)OC(C(C)COC(=O)Nc2ccc3ccccc3n2)C(C)/C=C/C(=O)NC\C=C\1. The van der Waals surface area contributed by atoms with Gasteiger partial charge < -0.3 is 29.2 Å². The number of cyclic esters (lactones) is 1. The highest BCUT2D eigenvalue weighted by Crippen LogP contribution is 2.26. The molecule has 6 atom stereocenters. The molecule has 276 valence electrons. The number of aliphatic hydroxyl groups excluding tert-OH is 1. The van der Waals surface area contributed by atoms with Crippen molar-refractivity contribution in [3.05, 3.63) is 90.2 Å². The first-order chi connectivity index (χ1) is 25.0. The summed E-state index contributed by atoms with van der Waals surface area (Å²) in [6.07, 6.45) is 5.18. The minimum atomic E-state index is -1.50. The van der Waals surface area contributed by atoms with Crippen LogP contribution in [0.15, 0.2) is 83.0 Å². The number of ether oxygens (including phenoxy) is 2. The van der Waals surface area contributed by atoms with Gasteiger partial charge in [0.2, 0.25) is 5.91 Å². The second-order valence-electron chi connectivity index (χ2n) is 13.2. The highest BCUT2D eigenvalue weighted by Gasteiger charge is 2.39. The van der Waals surface area contributed by atoms with Gasteiger partial charge in [-0.2, -0.15) is 0 Å². The van der Waals surface area contributed by atoms with Gasteiger partial charge in [0.05, 0.1) is 24.6 Å². The number of pyridine rings is 1. The van der Waals surface area contributed by atoms with E-state index in [4.69, 9.17) is 13.9 Å². The van der Waals surface area contributed by atoms with Crippen molar-refractivity contribution in [2.45, 2.75) is 70.9 Å². The van der Waals surface area contributed by atoms with Crippen LogP contribution >= 0.6 is 0 Å². The van der Waals surface area contributed by atoms with Crippen molar-refractivity contribution in [2.75, 3.05) is 25.0 Å². The van der Waals surface area contributed by atoms with Crippen LogP contribution in [0.2, 0.25) is 0 Å². The minimum absolute atomic E-state index is 0.00830. The minimum Gasteiger partial charge on any atom is -0.460 e. The van der Waals surface area contributed by atoms with Crippen molar-refractivity contribution < 1.29 is 42.6 Å². The second kappa shape index (κ2) is 17.7. The van der Waals surface area contributed by atoms with Crippen LogP contribution < -0.4 is 10.6 Å². The van der Waals surface area contributed by atoms with E-state index in [-0.39, 0.29) is 44.1 Å². The quantitative estimate of drug-likeness (QED) is 0.309. The van der Waals surface area contributed by atoms with Crippen LogP contribution in [0.25, 0.3) is 10.9 Å². The van der Waals surface area contributed by atoms with Crippen LogP contribution in [0.3, 0.4) is 0 Å². The highest BCUT2D eigenvalue weighted by atomic mass is 19.1. The number of carbonyl (C=O) groups is 4. The van der Waals surface area contributed by atoms with Crippen molar-refractivity contribution in [3.63, 3.8) is 0 Å². The van der Waals surface area contributed by atoms with Crippen molar-refractivity contribution in [1.29, 1.82) is 0 Å². The largest absolute Gasteiger partial charge is 0.460 e. The molecule has 3 N–H and O–H groups in total. The number of carbonyl (C=O) groups excluding carboxylic acids is 4. The standard InChI is InChI=1S/C38H44FN5O8/c1-23-8-6-16-40-33(46)15-12-24(2)35(25(3)21-51-38(49)43-32-14-13-26-9-4-5-10-29(26)41-32)52-37(48)31-11-7-17-44(31)36(47)30-22-50-34(42-30)20-27(39)19-28(45)18-23/h4-6,8-10,12-15,18,22,24-25,27-28,31,35,45H,7,11,16-17,19-21H2,1-3H3,(H,40,46)(H,41,43,49)/b8-6+,15-12+,23-18+. The Hall–Kier alpha value is -5.37. The van der Waals surface area contributed by atoms with Gasteiger partial charge in [0.1, 0.15) is 30.4 Å². The lowest BCUT2D eigenvalue weighted by atomic mass is 9.93. The fraction of sp³-hybridized carbons (Fsp3) is 0.421. The summed E-state index contributed by atoms with van der Waals surface area (Å²) in [7, 11) is 0. The third-order valence-electron chi connectivity index (χ3n) is 8.87. The van der Waals surface area contributed by atoms with E-state index < -0.39 is 60.1 Å². The maximum Gasteiger partial charge on any atom is 0.412 e. The summed E-state index contributed by atoms with van der Waals surface area (Å²) >= 11 is 0. The van der Waals surface area contributed by atoms with Gasteiger partial charge in [-0.1, -0.05) is 61.9 Å². The number of para-hydroxylation sites is 1. The molecule has 3 amide bonds. The molecule has 13 nitrogen and oxygen atoms in total. The Bertz CT molecular complexity index is 1840. The summed E-state index contributed by atoms with van der Waals surface area (Å²) < 4.78 is 31.8. The molecule has 2 aromatic heterocycles. The van der Waals surface area contributed by atoms with Crippen LogP contribution in [0, 0.1) is 11.8 Å². The molecule has 1 saturated heterocycles. The molecule has 2 aliphatic heterocycles. The number of nitrogens with one attached hydrogen (secondary N) is 2. The molecular formula is C38H44FN5O8. The van der Waals surface area contributed by atoms with E-state index >= 15 is 0 Å². The van der Waals surface area contributed by atoms with E-state index in [0.717, 1.165) is 11.6 Å². The van der Waals surface area contributed by atoms with Gasteiger partial charge in [-0.15, -0.1) is 0 Å². The van der Waals surface area contributed by atoms with Gasteiger partial charge in [-0.25, -0.2) is 23.9 Å². The van der Waals surface area contributed by atoms with E-state index in [0.29, 0.717) is 29.7 Å². The van der Waals surface area contributed by atoms with Crippen molar-refractivity contribution in [1.82, 2.24) is 20.2 Å². The number of esters is 1. The normalized spacial score (nSPS) is 26.6. The lowest BCUT2D eigenvalue weighted by molar-refractivity contribution is -0.159. The summed E-state index contributed by atoms with van der Waals surface area (Å²) in [5.74, 6) is -2.38. The van der Waals surface area contributed by atoms with E-state index in [1.54, 1.807) is 45.1 Å². The van der Waals surface area contributed by atoms with Crippen LogP contribution in [0.1, 0.15) is 56.4 Å². The number of aliphatic hydroxyl groups is 1. The van der Waals surface area contributed by atoms with E-state index in [1.165, 1.54) is 17.1 Å². The molecule has 2 aliphatic rings. The molecule has 6 unspecified atom stereocenters. The number of oxazole rings is 1. The number of aromatic nitrogens is 2. The zero-order valence-electron chi connectivity index (χ0n) is 29.4. The number of benzene rings is 1. The van der Waals surface area contributed by atoms with Gasteiger partial charge in [0.25, 0.3) is 5.91 Å². The van der Waals surface area contributed by atoms with Gasteiger partial charge in [-0.05, 0) is 44.0 Å². The molecule has 0 saturated carbocycles. The van der Waals surface area contributed by atoms with Crippen molar-refractivity contribution >= 4 is 40.6 Å². The van der Waals surface area contributed by atoms with Crippen LogP contribution in [0.5, 0.6) is 0 Å². The maximum absolute atomic E-state index is 14.8. The average Bonchev–Trinajstić information content (AvgIpc) is 3.80. The zero-order valence-corrected chi connectivity index (χ0v) is 29.4. The lowest BCUT2D eigenvalue weighted by Crippen LogP contribution is -2.44. The summed E-state index contributed by atoms with van der Waals surface area (Å²) in [6, 6.07) is 10.0. The Morgan fingerprint density at radius 3 is 2.81 bits per heavy atom. The topological polar surface area (TPSA) is 173 Å². The fourth-order valence-electron chi connectivity index (χ4n) is 6.21. The number of allylic oxidation sites excluding steroid dienone is 2. The first-order valence-electron chi connectivity index (χ1n) is 17.4. The number of halogens is 1. The Balaban J connectivity index is 1.32. The molecule has 2 bridgehead atoms. The Morgan fingerprint density at radius 1 is 1.17 bits per heavy atom. The molecule has 0 spiro atoms. The number of rotatable bonds is 4. The summed E-state index contributed by atoms with van der Waals surface area (Å²) in [5.41, 5.74) is 1.30. The first kappa shape index (κ1) is 37.9. The molecule has 0 radical (unpaired) electrons. The average molecular weight is 718 g/mol. The summed E-state index contributed by atoms with van der Waals surface area (Å²) in [5, 5.41) is 16.6. The van der Waals surface area contributed by atoms with Crippen LogP contribution in [-0.4, -0.2) is 88.0 Å². The third kappa shape index (κ3) is 10.3. The number of hydrogen-bond donors (Lipinski definition) is 3. The molecule has 0 aliphatic carbocycles. The second-order valence-corrected chi connectivity index (χ2v) is 13.2.